The van der Waals surface area contributed by atoms with E-state index in [9.17, 15) is 9.59 Å². The van der Waals surface area contributed by atoms with Crippen molar-refractivity contribution in [1.29, 1.82) is 0 Å². The largest absolute Gasteiger partial charge is 0.497 e. The predicted molar refractivity (Wildman–Crippen MR) is 85.0 cm³/mol. The van der Waals surface area contributed by atoms with Gasteiger partial charge in [-0.2, -0.15) is 0 Å². The number of Topliss-reactive ketones (excluding diaryl/α,β-unsaturated/α-hetero) is 1. The third kappa shape index (κ3) is 5.14. The van der Waals surface area contributed by atoms with E-state index >= 15 is 0 Å². The Hall–Kier alpha value is -2.82. The molecular weight excluding hydrogens is 296 g/mol. The summed E-state index contributed by atoms with van der Waals surface area (Å²) in [6.45, 7) is 1.41. The van der Waals surface area contributed by atoms with E-state index in [1.807, 2.05) is 19.1 Å². The Balaban J connectivity index is 1.76. The van der Waals surface area contributed by atoms with Gasteiger partial charge in [0.2, 0.25) is 0 Å². The van der Waals surface area contributed by atoms with Crippen LogP contribution in [0, 0.1) is 6.92 Å². The van der Waals surface area contributed by atoms with Crippen molar-refractivity contribution in [2.24, 2.45) is 0 Å². The van der Waals surface area contributed by atoms with Gasteiger partial charge in [0.1, 0.15) is 11.5 Å². The zero-order valence-electron chi connectivity index (χ0n) is 13.1. The maximum atomic E-state index is 11.9. The standard InChI is InChI=1S/C18H18O5/c1-13-3-7-16(8-4-13)22-12-18(20)23-11-17(19)14-5-9-15(21-2)10-6-14/h3-10H,11-12H2,1-2H3. The molecule has 120 valence electrons. The van der Waals surface area contributed by atoms with Crippen LogP contribution < -0.4 is 9.47 Å². The first-order chi connectivity index (χ1) is 11.1. The second-order valence-electron chi connectivity index (χ2n) is 4.91. The summed E-state index contributed by atoms with van der Waals surface area (Å²) in [6, 6.07) is 13.9. The van der Waals surface area contributed by atoms with Crippen LogP contribution in [-0.4, -0.2) is 32.1 Å². The van der Waals surface area contributed by atoms with Gasteiger partial charge in [-0.05, 0) is 43.3 Å². The van der Waals surface area contributed by atoms with E-state index < -0.39 is 5.97 Å². The minimum absolute atomic E-state index is 0.237. The number of hydrogen-bond acceptors (Lipinski definition) is 5. The second-order valence-corrected chi connectivity index (χ2v) is 4.91. The van der Waals surface area contributed by atoms with Crippen LogP contribution in [0.1, 0.15) is 15.9 Å². The Labute approximate surface area is 134 Å². The lowest BCUT2D eigenvalue weighted by atomic mass is 10.1. The van der Waals surface area contributed by atoms with Crippen LogP contribution >= 0.6 is 0 Å². The van der Waals surface area contributed by atoms with Crippen LogP contribution in [0.3, 0.4) is 0 Å². The monoisotopic (exact) mass is 314 g/mol. The lowest BCUT2D eigenvalue weighted by molar-refractivity contribution is -0.144. The smallest absolute Gasteiger partial charge is 0.344 e. The fourth-order valence-corrected chi connectivity index (χ4v) is 1.82. The van der Waals surface area contributed by atoms with Gasteiger partial charge in [-0.1, -0.05) is 17.7 Å². The molecule has 0 saturated carbocycles. The fourth-order valence-electron chi connectivity index (χ4n) is 1.82. The Kier molecular flexibility index (Phi) is 5.74. The first-order valence-corrected chi connectivity index (χ1v) is 7.11. The van der Waals surface area contributed by atoms with Crippen LogP contribution in [0.4, 0.5) is 0 Å². The average Bonchev–Trinajstić information content (AvgIpc) is 2.59. The molecule has 0 spiro atoms. The molecule has 0 radical (unpaired) electrons. The third-order valence-electron chi connectivity index (χ3n) is 3.15. The summed E-state index contributed by atoms with van der Waals surface area (Å²) in [5, 5.41) is 0. The second kappa shape index (κ2) is 7.98. The number of carbonyl (C=O) groups excluding carboxylic acids is 2. The van der Waals surface area contributed by atoms with Crippen molar-refractivity contribution < 1.29 is 23.8 Å². The Morgan fingerprint density at radius 2 is 1.48 bits per heavy atom. The molecule has 2 aromatic carbocycles. The molecule has 0 atom stereocenters. The molecule has 5 heteroatoms. The summed E-state index contributed by atoms with van der Waals surface area (Å²) < 4.78 is 15.2. The number of rotatable bonds is 7. The van der Waals surface area contributed by atoms with Crippen molar-refractivity contribution in [3.05, 3.63) is 59.7 Å². The average molecular weight is 314 g/mol. The van der Waals surface area contributed by atoms with E-state index in [4.69, 9.17) is 14.2 Å². The number of ether oxygens (including phenoxy) is 3. The molecule has 2 aromatic rings. The number of methoxy groups -OCH3 is 1. The summed E-state index contributed by atoms with van der Waals surface area (Å²) >= 11 is 0. The van der Waals surface area contributed by atoms with Crippen LogP contribution in [0.15, 0.2) is 48.5 Å². The molecule has 0 aliphatic heterocycles. The lowest BCUT2D eigenvalue weighted by Gasteiger charge is -2.07. The first-order valence-electron chi connectivity index (χ1n) is 7.11. The van der Waals surface area contributed by atoms with E-state index in [1.165, 1.54) is 0 Å². The quantitative estimate of drug-likeness (QED) is 0.581. The molecule has 2 rings (SSSR count). The topological polar surface area (TPSA) is 61.8 Å². The highest BCUT2D eigenvalue weighted by molar-refractivity contribution is 5.98. The van der Waals surface area contributed by atoms with E-state index in [1.54, 1.807) is 43.5 Å². The molecule has 5 nitrogen and oxygen atoms in total. The summed E-state index contributed by atoms with van der Waals surface area (Å²) in [5.41, 5.74) is 1.56. The molecule has 23 heavy (non-hydrogen) atoms. The molecule has 0 aromatic heterocycles. The Morgan fingerprint density at radius 3 is 2.09 bits per heavy atom. The van der Waals surface area contributed by atoms with E-state index in [-0.39, 0.29) is 19.0 Å². The van der Waals surface area contributed by atoms with Crippen LogP contribution in [0.25, 0.3) is 0 Å². The van der Waals surface area contributed by atoms with Gasteiger partial charge in [0.05, 0.1) is 7.11 Å². The van der Waals surface area contributed by atoms with E-state index in [2.05, 4.69) is 0 Å². The number of aryl methyl sites for hydroxylation is 1. The van der Waals surface area contributed by atoms with Crippen molar-refractivity contribution >= 4 is 11.8 Å². The van der Waals surface area contributed by atoms with Gasteiger partial charge < -0.3 is 14.2 Å². The van der Waals surface area contributed by atoms with Crippen molar-refractivity contribution in [3.63, 3.8) is 0 Å². The molecule has 0 unspecified atom stereocenters. The zero-order valence-corrected chi connectivity index (χ0v) is 13.1. The van der Waals surface area contributed by atoms with Crippen molar-refractivity contribution in [3.8, 4) is 11.5 Å². The van der Waals surface area contributed by atoms with Gasteiger partial charge in [0.25, 0.3) is 0 Å². The van der Waals surface area contributed by atoms with Crippen LogP contribution in [-0.2, 0) is 9.53 Å². The highest BCUT2D eigenvalue weighted by atomic mass is 16.6. The van der Waals surface area contributed by atoms with Crippen molar-refractivity contribution in [2.45, 2.75) is 6.92 Å². The van der Waals surface area contributed by atoms with Gasteiger partial charge in [-0.25, -0.2) is 4.79 Å². The molecular formula is C18H18O5. The maximum absolute atomic E-state index is 11.9. The SMILES string of the molecule is COc1ccc(C(=O)COC(=O)COc2ccc(C)cc2)cc1. The molecule has 0 aliphatic carbocycles. The van der Waals surface area contributed by atoms with Gasteiger partial charge in [-0.15, -0.1) is 0 Å². The van der Waals surface area contributed by atoms with Crippen LogP contribution in [0.2, 0.25) is 0 Å². The summed E-state index contributed by atoms with van der Waals surface area (Å²) in [6.07, 6.45) is 0. The third-order valence-corrected chi connectivity index (χ3v) is 3.15. The molecule has 0 heterocycles. The Bertz CT molecular complexity index is 659. The normalized spacial score (nSPS) is 10.0. The summed E-state index contributed by atoms with van der Waals surface area (Å²) in [7, 11) is 1.55. The van der Waals surface area contributed by atoms with Gasteiger partial charge >= 0.3 is 5.97 Å². The summed E-state index contributed by atoms with van der Waals surface area (Å²) in [5.74, 6) is 0.364. The minimum Gasteiger partial charge on any atom is -0.497 e. The fraction of sp³-hybridized carbons (Fsp3) is 0.222. The van der Waals surface area contributed by atoms with Crippen LogP contribution in [0.5, 0.6) is 11.5 Å². The summed E-state index contributed by atoms with van der Waals surface area (Å²) in [4.78, 5) is 23.5. The lowest BCUT2D eigenvalue weighted by Crippen LogP contribution is -2.19. The molecule has 0 aliphatic rings. The van der Waals surface area contributed by atoms with E-state index in [0.717, 1.165) is 5.56 Å². The predicted octanol–water partition coefficient (Wildman–Crippen LogP) is 2.81. The number of benzene rings is 2. The number of esters is 1. The number of hydrogen-bond donors (Lipinski definition) is 0. The van der Waals surface area contributed by atoms with Crippen molar-refractivity contribution in [2.75, 3.05) is 20.3 Å². The molecule has 0 N–H and O–H groups in total. The first kappa shape index (κ1) is 16.5. The molecule has 0 amide bonds. The highest BCUT2D eigenvalue weighted by Crippen LogP contribution is 2.12. The molecule has 0 fully saturated rings. The van der Waals surface area contributed by atoms with Gasteiger partial charge in [-0.3, -0.25) is 4.79 Å². The maximum Gasteiger partial charge on any atom is 0.344 e. The van der Waals surface area contributed by atoms with Gasteiger partial charge in [0.15, 0.2) is 19.0 Å². The highest BCUT2D eigenvalue weighted by Gasteiger charge is 2.10. The van der Waals surface area contributed by atoms with E-state index in [0.29, 0.717) is 17.1 Å². The Morgan fingerprint density at radius 1 is 0.870 bits per heavy atom. The number of carbonyl (C=O) groups is 2. The zero-order chi connectivity index (χ0) is 16.7. The van der Waals surface area contributed by atoms with Crippen molar-refractivity contribution in [1.82, 2.24) is 0 Å². The number of ketones is 1. The molecule has 0 bridgehead atoms. The molecule has 0 saturated heterocycles. The van der Waals surface area contributed by atoms with Gasteiger partial charge in [0, 0.05) is 5.56 Å². The minimum atomic E-state index is -0.590.